The molecule has 2 N–H and O–H groups in total. The summed E-state index contributed by atoms with van der Waals surface area (Å²) in [6.07, 6.45) is 3.18. The van der Waals surface area contributed by atoms with E-state index in [9.17, 15) is 9.59 Å². The lowest BCUT2D eigenvalue weighted by Crippen LogP contribution is -2.26. The normalized spacial score (nSPS) is 11.3. The summed E-state index contributed by atoms with van der Waals surface area (Å²) in [5, 5.41) is 8.54. The van der Waals surface area contributed by atoms with Gasteiger partial charge in [0.1, 0.15) is 0 Å². The van der Waals surface area contributed by atoms with Crippen LogP contribution in [0.4, 0.5) is 0 Å². The van der Waals surface area contributed by atoms with Crippen LogP contribution in [0.15, 0.2) is 30.3 Å². The molecule has 1 radical (unpaired) electrons. The molecule has 18 heavy (non-hydrogen) atoms. The van der Waals surface area contributed by atoms with E-state index in [0.717, 1.165) is 10.5 Å². The minimum Gasteiger partial charge on any atom is -0.369 e. The molecule has 2 amide bonds. The quantitative estimate of drug-likeness (QED) is 0.613. The van der Waals surface area contributed by atoms with Crippen LogP contribution in [0, 0.1) is 17.9 Å². The number of carbonyl (C=O) groups excluding carboxylic acids is 2. The van der Waals surface area contributed by atoms with E-state index in [2.05, 4.69) is 0 Å². The van der Waals surface area contributed by atoms with Gasteiger partial charge in [-0.1, -0.05) is 30.3 Å². The third-order valence-corrected chi connectivity index (χ3v) is 2.55. The molecule has 0 aromatic heterocycles. The Morgan fingerprint density at radius 3 is 2.56 bits per heavy atom. The highest BCUT2D eigenvalue weighted by Gasteiger charge is 2.20. The fraction of sp³-hybridized carbons (Fsp3) is 0.231. The van der Waals surface area contributed by atoms with Gasteiger partial charge in [0.25, 0.3) is 0 Å². The van der Waals surface area contributed by atoms with E-state index < -0.39 is 17.7 Å². The van der Waals surface area contributed by atoms with Gasteiger partial charge in [0, 0.05) is 7.05 Å². The Balaban J connectivity index is 2.70. The molecule has 0 aliphatic carbocycles. The van der Waals surface area contributed by atoms with Crippen molar-refractivity contribution in [3.63, 3.8) is 0 Å². The van der Waals surface area contributed by atoms with Crippen LogP contribution < -0.4 is 5.73 Å². The van der Waals surface area contributed by atoms with Crippen LogP contribution in [0.3, 0.4) is 0 Å². The van der Waals surface area contributed by atoms with Gasteiger partial charge in [0.2, 0.25) is 11.8 Å². The molecule has 0 heterocycles. The maximum atomic E-state index is 11.4. The number of hydrogen-bond donors (Lipinski definition) is 1. The number of benzene rings is 1. The van der Waals surface area contributed by atoms with Crippen molar-refractivity contribution in [2.75, 3.05) is 7.05 Å². The highest BCUT2D eigenvalue weighted by molar-refractivity contribution is 5.88. The predicted molar refractivity (Wildman–Crippen MR) is 65.7 cm³/mol. The molecule has 5 heteroatoms. The molecular weight excluding hydrogens is 230 g/mol. The summed E-state index contributed by atoms with van der Waals surface area (Å²) in [6, 6.07) is 8.99. The van der Waals surface area contributed by atoms with Crippen LogP contribution >= 0.6 is 0 Å². The first-order valence-electron chi connectivity index (χ1n) is 5.41. The average Bonchev–Trinajstić information content (AvgIpc) is 2.38. The standard InChI is InChI=1S/C13H14N3O2/c1-16(9-14)12(17)8-7-11(13(15)18)10-5-3-2-4-6-10/h2-6,8,11H,7H2,1H3,(H2,15,18)/t11-/m1/s1. The molecule has 0 aliphatic heterocycles. The first-order valence-corrected chi connectivity index (χ1v) is 5.41. The summed E-state index contributed by atoms with van der Waals surface area (Å²) in [7, 11) is 1.36. The number of rotatable bonds is 5. The number of nitrogens with zero attached hydrogens (tertiary/aromatic N) is 2. The molecule has 1 atom stereocenters. The second kappa shape index (κ2) is 6.40. The lowest BCUT2D eigenvalue weighted by Gasteiger charge is -2.14. The van der Waals surface area contributed by atoms with E-state index >= 15 is 0 Å². The molecule has 0 saturated carbocycles. The second-order valence-corrected chi connectivity index (χ2v) is 3.80. The van der Waals surface area contributed by atoms with E-state index in [0.29, 0.717) is 0 Å². The van der Waals surface area contributed by atoms with Crippen molar-refractivity contribution in [1.29, 1.82) is 5.26 Å². The zero-order valence-corrected chi connectivity index (χ0v) is 10.0. The van der Waals surface area contributed by atoms with Crippen molar-refractivity contribution in [1.82, 2.24) is 4.90 Å². The lowest BCUT2D eigenvalue weighted by atomic mass is 9.93. The van der Waals surface area contributed by atoms with Crippen LogP contribution in [0.25, 0.3) is 0 Å². The van der Waals surface area contributed by atoms with Gasteiger partial charge >= 0.3 is 0 Å². The van der Waals surface area contributed by atoms with Crippen molar-refractivity contribution in [3.05, 3.63) is 42.3 Å². The molecule has 1 aromatic carbocycles. The van der Waals surface area contributed by atoms with E-state index in [1.165, 1.54) is 13.5 Å². The number of nitriles is 1. The fourth-order valence-electron chi connectivity index (χ4n) is 1.51. The summed E-state index contributed by atoms with van der Waals surface area (Å²) in [4.78, 5) is 23.7. The van der Waals surface area contributed by atoms with Crippen LogP contribution in [-0.4, -0.2) is 23.8 Å². The molecule has 0 fully saturated rings. The number of amides is 2. The minimum atomic E-state index is -0.553. The number of hydrogen-bond acceptors (Lipinski definition) is 3. The topological polar surface area (TPSA) is 87.2 Å². The van der Waals surface area contributed by atoms with Gasteiger partial charge in [0.05, 0.1) is 12.3 Å². The highest BCUT2D eigenvalue weighted by Crippen LogP contribution is 2.20. The third-order valence-electron chi connectivity index (χ3n) is 2.55. The molecule has 93 valence electrons. The maximum Gasteiger partial charge on any atom is 0.239 e. The Morgan fingerprint density at radius 1 is 1.44 bits per heavy atom. The van der Waals surface area contributed by atoms with E-state index in [-0.39, 0.29) is 6.42 Å². The number of nitrogens with two attached hydrogens (primary N) is 1. The summed E-state index contributed by atoms with van der Waals surface area (Å²) in [5.74, 6) is -1.49. The second-order valence-electron chi connectivity index (χ2n) is 3.80. The van der Waals surface area contributed by atoms with Crippen molar-refractivity contribution < 1.29 is 9.59 Å². The van der Waals surface area contributed by atoms with Crippen LogP contribution in [0.2, 0.25) is 0 Å². The Labute approximate surface area is 106 Å². The van der Waals surface area contributed by atoms with Gasteiger partial charge in [-0.15, -0.1) is 0 Å². The van der Waals surface area contributed by atoms with Gasteiger partial charge in [-0.05, 0) is 12.0 Å². The molecule has 1 aromatic rings. The lowest BCUT2D eigenvalue weighted by molar-refractivity contribution is -0.124. The molecule has 0 unspecified atom stereocenters. The van der Waals surface area contributed by atoms with Gasteiger partial charge in [-0.3, -0.25) is 14.5 Å². The largest absolute Gasteiger partial charge is 0.369 e. The van der Waals surface area contributed by atoms with Crippen LogP contribution in [-0.2, 0) is 9.59 Å². The smallest absolute Gasteiger partial charge is 0.239 e. The molecular formula is C13H14N3O2. The third kappa shape index (κ3) is 3.59. The summed E-state index contributed by atoms with van der Waals surface area (Å²) in [6.45, 7) is 0. The zero-order chi connectivity index (χ0) is 13.5. The van der Waals surface area contributed by atoms with E-state index in [4.69, 9.17) is 11.0 Å². The fourth-order valence-corrected chi connectivity index (χ4v) is 1.51. The molecule has 0 bridgehead atoms. The van der Waals surface area contributed by atoms with Gasteiger partial charge in [-0.2, -0.15) is 5.26 Å². The SMILES string of the molecule is CN(C#N)C(=O)[CH]C[C@@H](C(N)=O)c1ccccc1. The van der Waals surface area contributed by atoms with Crippen molar-refractivity contribution >= 4 is 11.8 Å². The van der Waals surface area contributed by atoms with Gasteiger partial charge < -0.3 is 5.73 Å². The summed E-state index contributed by atoms with van der Waals surface area (Å²) < 4.78 is 0. The molecule has 0 aliphatic rings. The van der Waals surface area contributed by atoms with Crippen molar-refractivity contribution in [2.45, 2.75) is 12.3 Å². The Kier molecular flexibility index (Phi) is 4.88. The molecule has 5 nitrogen and oxygen atoms in total. The number of primary amides is 1. The molecule has 1 rings (SSSR count). The first-order chi connectivity index (χ1) is 8.56. The Morgan fingerprint density at radius 2 is 2.06 bits per heavy atom. The van der Waals surface area contributed by atoms with Crippen molar-refractivity contribution in [2.24, 2.45) is 5.73 Å². The van der Waals surface area contributed by atoms with E-state index in [1.807, 2.05) is 6.07 Å². The molecule has 0 saturated heterocycles. The zero-order valence-electron chi connectivity index (χ0n) is 10.0. The molecule has 0 spiro atoms. The summed E-state index contributed by atoms with van der Waals surface area (Å²) in [5.41, 5.74) is 6.07. The van der Waals surface area contributed by atoms with E-state index in [1.54, 1.807) is 30.5 Å². The maximum absolute atomic E-state index is 11.4. The highest BCUT2D eigenvalue weighted by atomic mass is 16.2. The monoisotopic (exact) mass is 244 g/mol. The summed E-state index contributed by atoms with van der Waals surface area (Å²) >= 11 is 0. The minimum absolute atomic E-state index is 0.185. The van der Waals surface area contributed by atoms with Gasteiger partial charge in [-0.25, -0.2) is 0 Å². The predicted octanol–water partition coefficient (Wildman–Crippen LogP) is 0.789. The van der Waals surface area contributed by atoms with Gasteiger partial charge in [0.15, 0.2) is 6.19 Å². The van der Waals surface area contributed by atoms with Crippen molar-refractivity contribution in [3.8, 4) is 6.19 Å². The Bertz CT molecular complexity index is 465. The van der Waals surface area contributed by atoms with Crippen LogP contribution in [0.5, 0.6) is 0 Å². The van der Waals surface area contributed by atoms with Crippen LogP contribution in [0.1, 0.15) is 17.9 Å². The Hall–Kier alpha value is -2.35. The average molecular weight is 244 g/mol. The first kappa shape index (κ1) is 13.7. The number of carbonyl (C=O) groups is 2.